The van der Waals surface area contributed by atoms with E-state index >= 15 is 0 Å². The summed E-state index contributed by atoms with van der Waals surface area (Å²) >= 11 is 0. The van der Waals surface area contributed by atoms with E-state index in [4.69, 9.17) is 19.3 Å². The SMILES string of the molecule is CC(COC(=O)c1ccccc1)OCC(C)OC(=O)c1ccccc1.CCCCCO. The molecule has 2 unspecified atom stereocenters. The smallest absolute Gasteiger partial charge is 0.338 e. The summed E-state index contributed by atoms with van der Waals surface area (Å²) in [7, 11) is 0. The van der Waals surface area contributed by atoms with Gasteiger partial charge in [-0.3, -0.25) is 0 Å². The zero-order chi connectivity index (χ0) is 22.9. The number of aliphatic hydroxyl groups excluding tert-OH is 1. The molecule has 0 aliphatic heterocycles. The maximum absolute atomic E-state index is 11.9. The molecule has 31 heavy (non-hydrogen) atoms. The van der Waals surface area contributed by atoms with Crippen LogP contribution in [0.5, 0.6) is 0 Å². The molecule has 0 aliphatic rings. The molecule has 0 heterocycles. The molecule has 2 aromatic carbocycles. The van der Waals surface area contributed by atoms with Crippen LogP contribution in [0.3, 0.4) is 0 Å². The lowest BCUT2D eigenvalue weighted by molar-refractivity contribution is -0.0379. The largest absolute Gasteiger partial charge is 0.459 e. The van der Waals surface area contributed by atoms with Crippen molar-refractivity contribution < 1.29 is 28.9 Å². The number of carbonyl (C=O) groups is 2. The molecule has 170 valence electrons. The summed E-state index contributed by atoms with van der Waals surface area (Å²) in [5, 5.41) is 8.20. The molecule has 2 rings (SSSR count). The fourth-order valence-electron chi connectivity index (χ4n) is 2.42. The highest BCUT2D eigenvalue weighted by Gasteiger charge is 2.14. The zero-order valence-electron chi connectivity index (χ0n) is 18.7. The Morgan fingerprint density at radius 3 is 1.84 bits per heavy atom. The summed E-state index contributed by atoms with van der Waals surface area (Å²) in [6.07, 6.45) is 2.62. The number of carbonyl (C=O) groups excluding carboxylic acids is 2. The first kappa shape index (κ1) is 26.3. The second-order valence-corrected chi connectivity index (χ2v) is 7.12. The molecule has 6 nitrogen and oxygen atoms in total. The van der Waals surface area contributed by atoms with E-state index in [1.807, 2.05) is 12.1 Å². The number of ether oxygens (including phenoxy) is 3. The van der Waals surface area contributed by atoms with Crippen LogP contribution in [-0.2, 0) is 14.2 Å². The highest BCUT2D eigenvalue weighted by atomic mass is 16.6. The van der Waals surface area contributed by atoms with E-state index < -0.39 is 6.10 Å². The molecule has 2 aromatic rings. The van der Waals surface area contributed by atoms with Gasteiger partial charge in [-0.1, -0.05) is 56.2 Å². The van der Waals surface area contributed by atoms with Crippen LogP contribution < -0.4 is 0 Å². The zero-order valence-corrected chi connectivity index (χ0v) is 18.7. The Hall–Kier alpha value is -2.70. The van der Waals surface area contributed by atoms with E-state index in [2.05, 4.69) is 6.92 Å². The average molecular weight is 431 g/mol. The van der Waals surface area contributed by atoms with Crippen molar-refractivity contribution in [3.63, 3.8) is 0 Å². The van der Waals surface area contributed by atoms with Gasteiger partial charge in [0.1, 0.15) is 12.7 Å². The van der Waals surface area contributed by atoms with Crippen molar-refractivity contribution in [1.29, 1.82) is 0 Å². The first-order valence-corrected chi connectivity index (χ1v) is 10.7. The van der Waals surface area contributed by atoms with Gasteiger partial charge in [-0.2, -0.15) is 0 Å². The van der Waals surface area contributed by atoms with Crippen LogP contribution in [0, 0.1) is 0 Å². The third-order valence-corrected chi connectivity index (χ3v) is 4.15. The molecular formula is C25H34O6. The van der Waals surface area contributed by atoms with Crippen LogP contribution in [0.1, 0.15) is 60.7 Å². The molecule has 0 spiro atoms. The van der Waals surface area contributed by atoms with Crippen LogP contribution in [-0.4, -0.2) is 49.1 Å². The quantitative estimate of drug-likeness (QED) is 0.412. The third-order valence-electron chi connectivity index (χ3n) is 4.15. The topological polar surface area (TPSA) is 82.1 Å². The molecular weight excluding hydrogens is 396 g/mol. The van der Waals surface area contributed by atoms with Crippen molar-refractivity contribution in [2.75, 3.05) is 19.8 Å². The molecule has 6 heteroatoms. The summed E-state index contributed by atoms with van der Waals surface area (Å²) in [5.41, 5.74) is 0.999. The van der Waals surface area contributed by atoms with Gasteiger partial charge in [0.2, 0.25) is 0 Å². The van der Waals surface area contributed by atoms with Crippen LogP contribution in [0.25, 0.3) is 0 Å². The number of benzene rings is 2. The molecule has 0 radical (unpaired) electrons. The molecule has 0 aliphatic carbocycles. The van der Waals surface area contributed by atoms with Gasteiger partial charge in [-0.15, -0.1) is 0 Å². The Balaban J connectivity index is 0.000000703. The number of rotatable bonds is 11. The van der Waals surface area contributed by atoms with Crippen molar-refractivity contribution in [2.45, 2.75) is 52.2 Å². The van der Waals surface area contributed by atoms with Gasteiger partial charge in [0.15, 0.2) is 0 Å². The van der Waals surface area contributed by atoms with Gasteiger partial charge < -0.3 is 19.3 Å². The molecule has 0 fully saturated rings. The van der Waals surface area contributed by atoms with Gasteiger partial charge >= 0.3 is 11.9 Å². The first-order valence-electron chi connectivity index (χ1n) is 10.7. The van der Waals surface area contributed by atoms with E-state index in [0.717, 1.165) is 12.8 Å². The number of unbranched alkanes of at least 4 members (excludes halogenated alkanes) is 2. The first-order chi connectivity index (χ1) is 15.0. The van der Waals surface area contributed by atoms with E-state index in [1.54, 1.807) is 62.4 Å². The normalized spacial score (nSPS) is 12.1. The Morgan fingerprint density at radius 2 is 1.35 bits per heavy atom. The molecule has 1 N–H and O–H groups in total. The van der Waals surface area contributed by atoms with Crippen molar-refractivity contribution in [3.05, 3.63) is 71.8 Å². The van der Waals surface area contributed by atoms with Crippen molar-refractivity contribution in [3.8, 4) is 0 Å². The second-order valence-electron chi connectivity index (χ2n) is 7.12. The van der Waals surface area contributed by atoms with E-state index in [9.17, 15) is 9.59 Å². The highest BCUT2D eigenvalue weighted by Crippen LogP contribution is 2.06. The van der Waals surface area contributed by atoms with E-state index in [1.165, 1.54) is 6.42 Å². The predicted octanol–water partition coefficient (Wildman–Crippen LogP) is 4.66. The summed E-state index contributed by atoms with van der Waals surface area (Å²) < 4.78 is 16.1. The second kappa shape index (κ2) is 16.1. The summed E-state index contributed by atoms with van der Waals surface area (Å²) in [4.78, 5) is 23.8. The van der Waals surface area contributed by atoms with Crippen LogP contribution in [0.2, 0.25) is 0 Å². The lowest BCUT2D eigenvalue weighted by Gasteiger charge is -2.17. The minimum atomic E-state index is -0.403. The Labute approximate surface area is 185 Å². The number of esters is 2. The third kappa shape index (κ3) is 11.9. The highest BCUT2D eigenvalue weighted by molar-refractivity contribution is 5.89. The predicted molar refractivity (Wildman–Crippen MR) is 120 cm³/mol. The number of hydrogen-bond donors (Lipinski definition) is 1. The van der Waals surface area contributed by atoms with Crippen LogP contribution in [0.4, 0.5) is 0 Å². The molecule has 0 saturated heterocycles. The molecule has 2 atom stereocenters. The maximum atomic E-state index is 11.9. The van der Waals surface area contributed by atoms with Gasteiger partial charge in [-0.25, -0.2) is 9.59 Å². The summed E-state index contributed by atoms with van der Waals surface area (Å²) in [6.45, 7) is 6.38. The van der Waals surface area contributed by atoms with Crippen LogP contribution >= 0.6 is 0 Å². The lowest BCUT2D eigenvalue weighted by Crippen LogP contribution is -2.26. The number of aliphatic hydroxyl groups is 1. The summed E-state index contributed by atoms with van der Waals surface area (Å²) in [6, 6.07) is 17.6. The standard InChI is InChI=1S/C20H22O5.C5H12O/c1-15(13-24-19(21)17-9-5-3-6-10-17)23-14-16(2)25-20(22)18-11-7-4-8-12-18;1-2-3-4-5-6/h3-12,15-16H,13-14H2,1-2H3;6H,2-5H2,1H3. The van der Waals surface area contributed by atoms with Gasteiger partial charge in [-0.05, 0) is 44.5 Å². The van der Waals surface area contributed by atoms with Crippen molar-refractivity contribution >= 4 is 11.9 Å². The minimum Gasteiger partial charge on any atom is -0.459 e. The number of hydrogen-bond acceptors (Lipinski definition) is 6. The van der Waals surface area contributed by atoms with E-state index in [0.29, 0.717) is 17.7 Å². The molecule has 0 aromatic heterocycles. The van der Waals surface area contributed by atoms with Gasteiger partial charge in [0.25, 0.3) is 0 Å². The van der Waals surface area contributed by atoms with Gasteiger partial charge in [0.05, 0.1) is 23.8 Å². The minimum absolute atomic E-state index is 0.132. The Morgan fingerprint density at radius 1 is 0.806 bits per heavy atom. The lowest BCUT2D eigenvalue weighted by atomic mass is 10.2. The monoisotopic (exact) mass is 430 g/mol. The fourth-order valence-corrected chi connectivity index (χ4v) is 2.42. The van der Waals surface area contributed by atoms with Crippen LogP contribution in [0.15, 0.2) is 60.7 Å². The Kier molecular flexibility index (Phi) is 13.6. The fraction of sp³-hybridized carbons (Fsp3) is 0.440. The van der Waals surface area contributed by atoms with E-state index in [-0.39, 0.29) is 31.3 Å². The van der Waals surface area contributed by atoms with Crippen molar-refractivity contribution in [2.24, 2.45) is 0 Å². The molecule has 0 saturated carbocycles. The Bertz CT molecular complexity index is 728. The molecule has 0 bridgehead atoms. The van der Waals surface area contributed by atoms with Crippen molar-refractivity contribution in [1.82, 2.24) is 0 Å². The average Bonchev–Trinajstić information content (AvgIpc) is 2.81. The maximum Gasteiger partial charge on any atom is 0.338 e. The van der Waals surface area contributed by atoms with Gasteiger partial charge in [0, 0.05) is 6.61 Å². The molecule has 0 amide bonds. The summed E-state index contributed by atoms with van der Waals surface area (Å²) in [5.74, 6) is -0.778.